The molecular weight excluding hydrogens is 376 g/mol. The number of anilines is 1. The maximum absolute atomic E-state index is 4.77. The van der Waals surface area contributed by atoms with Gasteiger partial charge in [0.2, 0.25) is 0 Å². The summed E-state index contributed by atoms with van der Waals surface area (Å²) in [6, 6.07) is 6.82. The maximum atomic E-state index is 4.77. The van der Waals surface area contributed by atoms with Gasteiger partial charge in [-0.2, -0.15) is 0 Å². The van der Waals surface area contributed by atoms with Crippen LogP contribution in [0.2, 0.25) is 0 Å². The van der Waals surface area contributed by atoms with E-state index in [1.807, 2.05) is 11.3 Å². The van der Waals surface area contributed by atoms with Gasteiger partial charge in [-0.1, -0.05) is 30.7 Å². The molecule has 0 radical (unpaired) electrons. The van der Waals surface area contributed by atoms with E-state index in [2.05, 4.69) is 53.8 Å². The Kier molecular flexibility index (Phi) is 5.04. The van der Waals surface area contributed by atoms with Crippen molar-refractivity contribution in [2.75, 3.05) is 31.1 Å². The molecule has 1 atom stereocenters. The third-order valence-electron chi connectivity index (χ3n) is 6.63. The van der Waals surface area contributed by atoms with E-state index >= 15 is 0 Å². The Labute approximate surface area is 177 Å². The van der Waals surface area contributed by atoms with Crippen molar-refractivity contribution < 1.29 is 0 Å². The van der Waals surface area contributed by atoms with Gasteiger partial charge in [0, 0.05) is 37.6 Å². The second kappa shape index (κ2) is 7.69. The molecule has 0 bridgehead atoms. The lowest BCUT2D eigenvalue weighted by Gasteiger charge is -2.36. The fourth-order valence-corrected chi connectivity index (χ4v) is 6.07. The Hall–Kier alpha value is -1.98. The van der Waals surface area contributed by atoms with Crippen molar-refractivity contribution in [2.45, 2.75) is 46.6 Å². The van der Waals surface area contributed by atoms with Gasteiger partial charge in [0.05, 0.1) is 5.39 Å². The second-order valence-corrected chi connectivity index (χ2v) is 10.0. The molecule has 1 aliphatic heterocycles. The first-order chi connectivity index (χ1) is 14.1. The monoisotopic (exact) mass is 406 g/mol. The minimum absolute atomic E-state index is 0.767. The van der Waals surface area contributed by atoms with E-state index in [0.29, 0.717) is 0 Å². The average Bonchev–Trinajstić information content (AvgIpc) is 3.09. The molecular formula is C24H30N4S. The number of thiophene rings is 1. The van der Waals surface area contributed by atoms with Crippen LogP contribution in [0.4, 0.5) is 5.82 Å². The van der Waals surface area contributed by atoms with Gasteiger partial charge in [-0.05, 0) is 55.7 Å². The fourth-order valence-electron chi connectivity index (χ4n) is 4.89. The zero-order valence-electron chi connectivity index (χ0n) is 17.7. The molecule has 0 unspecified atom stereocenters. The molecule has 1 aromatic carbocycles. The maximum Gasteiger partial charge on any atom is 0.141 e. The van der Waals surface area contributed by atoms with E-state index in [-0.39, 0.29) is 0 Å². The molecule has 5 heteroatoms. The first-order valence-corrected chi connectivity index (χ1v) is 11.7. The molecule has 0 saturated carbocycles. The third kappa shape index (κ3) is 3.66. The van der Waals surface area contributed by atoms with Crippen LogP contribution in [-0.2, 0) is 19.4 Å². The lowest BCUT2D eigenvalue weighted by Crippen LogP contribution is -2.46. The quantitative estimate of drug-likeness (QED) is 0.628. The smallest absolute Gasteiger partial charge is 0.141 e. The summed E-state index contributed by atoms with van der Waals surface area (Å²) in [4.78, 5) is 17.2. The molecule has 0 amide bonds. The molecule has 2 aromatic heterocycles. The van der Waals surface area contributed by atoms with Gasteiger partial charge >= 0.3 is 0 Å². The Balaban J connectivity index is 1.34. The van der Waals surface area contributed by atoms with Crippen LogP contribution in [0.15, 0.2) is 24.5 Å². The summed E-state index contributed by atoms with van der Waals surface area (Å²) in [6.45, 7) is 12.1. The average molecular weight is 407 g/mol. The van der Waals surface area contributed by atoms with Gasteiger partial charge in [-0.3, -0.25) is 4.90 Å². The molecule has 0 N–H and O–H groups in total. The predicted molar refractivity (Wildman–Crippen MR) is 122 cm³/mol. The Morgan fingerprint density at radius 3 is 2.72 bits per heavy atom. The number of hydrogen-bond acceptors (Lipinski definition) is 5. The highest BCUT2D eigenvalue weighted by Crippen LogP contribution is 2.40. The van der Waals surface area contributed by atoms with Gasteiger partial charge in [-0.25, -0.2) is 9.97 Å². The Morgan fingerprint density at radius 1 is 1.10 bits per heavy atom. The molecule has 4 nitrogen and oxygen atoms in total. The van der Waals surface area contributed by atoms with Gasteiger partial charge in [0.15, 0.2) is 0 Å². The van der Waals surface area contributed by atoms with Crippen LogP contribution in [0, 0.1) is 19.8 Å². The van der Waals surface area contributed by atoms with E-state index < -0.39 is 0 Å². The summed E-state index contributed by atoms with van der Waals surface area (Å²) in [5.41, 5.74) is 5.74. The lowest BCUT2D eigenvalue weighted by molar-refractivity contribution is 0.249. The number of benzene rings is 1. The third-order valence-corrected chi connectivity index (χ3v) is 7.83. The van der Waals surface area contributed by atoms with E-state index in [1.165, 1.54) is 57.6 Å². The molecule has 2 aliphatic rings. The van der Waals surface area contributed by atoms with Crippen LogP contribution < -0.4 is 4.90 Å². The van der Waals surface area contributed by atoms with Crippen LogP contribution in [-0.4, -0.2) is 41.0 Å². The molecule has 1 saturated heterocycles. The molecule has 3 heterocycles. The van der Waals surface area contributed by atoms with Crippen molar-refractivity contribution in [2.24, 2.45) is 5.92 Å². The van der Waals surface area contributed by atoms with Crippen molar-refractivity contribution in [1.82, 2.24) is 14.9 Å². The summed E-state index contributed by atoms with van der Waals surface area (Å²) in [5, 5.41) is 1.35. The summed E-state index contributed by atoms with van der Waals surface area (Å²) in [5.74, 6) is 1.94. The van der Waals surface area contributed by atoms with Crippen LogP contribution in [0.25, 0.3) is 10.2 Å². The van der Waals surface area contributed by atoms with Gasteiger partial charge in [-0.15, -0.1) is 11.3 Å². The highest BCUT2D eigenvalue weighted by molar-refractivity contribution is 7.19. The number of hydrogen-bond donors (Lipinski definition) is 0. The van der Waals surface area contributed by atoms with Gasteiger partial charge < -0.3 is 4.90 Å². The first-order valence-electron chi connectivity index (χ1n) is 10.9. The molecule has 29 heavy (non-hydrogen) atoms. The number of rotatable bonds is 3. The van der Waals surface area contributed by atoms with Crippen molar-refractivity contribution in [3.8, 4) is 0 Å². The zero-order valence-corrected chi connectivity index (χ0v) is 18.6. The molecule has 0 spiro atoms. The van der Waals surface area contributed by atoms with Crippen molar-refractivity contribution in [1.29, 1.82) is 0 Å². The van der Waals surface area contributed by atoms with E-state index in [9.17, 15) is 0 Å². The molecule has 1 aliphatic carbocycles. The normalized spacial score (nSPS) is 20.2. The number of aryl methyl sites for hydroxylation is 3. The zero-order chi connectivity index (χ0) is 20.0. The highest BCUT2D eigenvalue weighted by atomic mass is 32.1. The van der Waals surface area contributed by atoms with Crippen LogP contribution >= 0.6 is 11.3 Å². The van der Waals surface area contributed by atoms with E-state index in [1.54, 1.807) is 11.2 Å². The topological polar surface area (TPSA) is 32.3 Å². The SMILES string of the molecule is Cc1ccc(CN2CCN(c3ncnc4sc5c(c34)C[C@H](C)CC5)CC2)c(C)c1. The highest BCUT2D eigenvalue weighted by Gasteiger charge is 2.26. The summed E-state index contributed by atoms with van der Waals surface area (Å²) in [7, 11) is 0. The van der Waals surface area contributed by atoms with Crippen LogP contribution in [0.5, 0.6) is 0 Å². The number of piperazine rings is 1. The number of nitrogens with zero attached hydrogens (tertiary/aromatic N) is 4. The van der Waals surface area contributed by atoms with Crippen molar-refractivity contribution >= 4 is 27.4 Å². The first kappa shape index (κ1) is 19.0. The molecule has 3 aromatic rings. The van der Waals surface area contributed by atoms with Gasteiger partial charge in [0.1, 0.15) is 17.0 Å². The Morgan fingerprint density at radius 2 is 1.93 bits per heavy atom. The van der Waals surface area contributed by atoms with Crippen molar-refractivity contribution in [3.05, 3.63) is 51.7 Å². The van der Waals surface area contributed by atoms with Crippen molar-refractivity contribution in [3.63, 3.8) is 0 Å². The number of aromatic nitrogens is 2. The van der Waals surface area contributed by atoms with E-state index in [4.69, 9.17) is 4.98 Å². The minimum atomic E-state index is 0.767. The second-order valence-electron chi connectivity index (χ2n) is 8.92. The standard InChI is InChI=1S/C24H30N4S/c1-16-4-6-19(18(3)12-16)14-27-8-10-28(11-9-27)23-22-20-13-17(2)5-7-21(20)29-24(22)26-15-25-23/h4,6,12,15,17H,5,7-11,13-14H2,1-3H3/t17-/m1/s1. The Bertz CT molecular complexity index is 1030. The summed E-state index contributed by atoms with van der Waals surface area (Å²) in [6.07, 6.45) is 5.47. The summed E-state index contributed by atoms with van der Waals surface area (Å²) < 4.78 is 0. The predicted octanol–water partition coefficient (Wildman–Crippen LogP) is 4.76. The number of fused-ring (bicyclic) bond motifs is 3. The van der Waals surface area contributed by atoms with E-state index in [0.717, 1.165) is 38.6 Å². The largest absolute Gasteiger partial charge is 0.353 e. The molecule has 1 fully saturated rings. The molecule has 152 valence electrons. The van der Waals surface area contributed by atoms with Crippen LogP contribution in [0.3, 0.4) is 0 Å². The summed E-state index contributed by atoms with van der Waals surface area (Å²) >= 11 is 1.90. The molecule has 5 rings (SSSR count). The van der Waals surface area contributed by atoms with Gasteiger partial charge in [0.25, 0.3) is 0 Å². The van der Waals surface area contributed by atoms with Crippen LogP contribution in [0.1, 0.15) is 40.5 Å². The lowest BCUT2D eigenvalue weighted by atomic mass is 9.88. The minimum Gasteiger partial charge on any atom is -0.353 e. The fraction of sp³-hybridized carbons (Fsp3) is 0.500.